The van der Waals surface area contributed by atoms with Crippen LogP contribution in [0.1, 0.15) is 15.4 Å². The SMILES string of the molecule is Cc1nc(N)sc1C(=O)Nc1cccc2n[se]nc12. The molecule has 3 aromatic rings. The molecule has 2 aromatic heterocycles. The number of benzene rings is 1. The van der Waals surface area contributed by atoms with Crippen LogP contribution in [0.3, 0.4) is 0 Å². The monoisotopic (exact) mass is 339 g/mol. The van der Waals surface area contributed by atoms with Crippen LogP contribution in [0.4, 0.5) is 10.8 Å². The number of nitrogen functional groups attached to an aromatic ring is 1. The molecule has 19 heavy (non-hydrogen) atoms. The molecule has 0 atom stereocenters. The van der Waals surface area contributed by atoms with E-state index in [1.807, 2.05) is 18.2 Å². The van der Waals surface area contributed by atoms with E-state index in [1.165, 1.54) is 11.3 Å². The van der Waals surface area contributed by atoms with E-state index in [9.17, 15) is 4.79 Å². The molecule has 2 heterocycles. The summed E-state index contributed by atoms with van der Waals surface area (Å²) >= 11 is 1.06. The van der Waals surface area contributed by atoms with Gasteiger partial charge in [0.1, 0.15) is 0 Å². The van der Waals surface area contributed by atoms with Crippen LogP contribution in [0, 0.1) is 6.92 Å². The summed E-state index contributed by atoms with van der Waals surface area (Å²) in [7, 11) is 0. The summed E-state index contributed by atoms with van der Waals surface area (Å²) in [6.07, 6.45) is 0. The van der Waals surface area contributed by atoms with E-state index in [-0.39, 0.29) is 20.9 Å². The Kier molecular flexibility index (Phi) is 3.06. The molecule has 0 spiro atoms. The molecule has 0 aliphatic heterocycles. The maximum atomic E-state index is 12.2. The molecule has 1 aromatic carbocycles. The van der Waals surface area contributed by atoms with Crippen LogP contribution in [0.25, 0.3) is 11.0 Å². The van der Waals surface area contributed by atoms with Gasteiger partial charge in [0.05, 0.1) is 0 Å². The number of carbonyl (C=O) groups is 1. The van der Waals surface area contributed by atoms with Crippen LogP contribution >= 0.6 is 11.3 Å². The van der Waals surface area contributed by atoms with Crippen LogP contribution in [0.2, 0.25) is 0 Å². The van der Waals surface area contributed by atoms with Gasteiger partial charge in [-0.25, -0.2) is 0 Å². The number of nitrogens with two attached hydrogens (primary N) is 1. The second-order valence-corrected chi connectivity index (χ2v) is 6.00. The molecule has 0 bridgehead atoms. The molecule has 96 valence electrons. The van der Waals surface area contributed by atoms with Crippen LogP contribution in [-0.4, -0.2) is 33.8 Å². The van der Waals surface area contributed by atoms with Crippen molar-refractivity contribution < 1.29 is 4.79 Å². The maximum absolute atomic E-state index is 12.2. The number of carbonyl (C=O) groups excluding carboxylic acids is 1. The first-order valence-corrected chi connectivity index (χ1v) is 7.75. The third kappa shape index (κ3) is 2.25. The zero-order valence-corrected chi connectivity index (χ0v) is 12.4. The van der Waals surface area contributed by atoms with Gasteiger partial charge in [-0.2, -0.15) is 0 Å². The Morgan fingerprint density at radius 3 is 3.00 bits per heavy atom. The molecule has 0 saturated carbocycles. The van der Waals surface area contributed by atoms with E-state index in [4.69, 9.17) is 5.73 Å². The van der Waals surface area contributed by atoms with Crippen molar-refractivity contribution in [2.24, 2.45) is 0 Å². The van der Waals surface area contributed by atoms with E-state index in [2.05, 4.69) is 18.3 Å². The summed E-state index contributed by atoms with van der Waals surface area (Å²) < 4.78 is 8.59. The Bertz CT molecular complexity index is 765. The van der Waals surface area contributed by atoms with Crippen molar-refractivity contribution in [3.05, 3.63) is 28.8 Å². The quantitative estimate of drug-likeness (QED) is 0.687. The molecule has 1 amide bonds. The number of thiazole rings is 1. The predicted molar refractivity (Wildman–Crippen MR) is 75.7 cm³/mol. The fourth-order valence-electron chi connectivity index (χ4n) is 1.71. The number of hydrogen-bond donors (Lipinski definition) is 2. The number of rotatable bonds is 2. The zero-order chi connectivity index (χ0) is 13.4. The summed E-state index contributed by atoms with van der Waals surface area (Å²) in [4.78, 5) is 16.8. The Balaban J connectivity index is 1.95. The number of nitrogens with zero attached hydrogens (tertiary/aromatic N) is 3. The molecular formula is C11H9N5OSSe. The minimum absolute atomic E-state index is 0.117. The summed E-state index contributed by atoms with van der Waals surface area (Å²) in [6, 6.07) is 5.55. The fourth-order valence-corrected chi connectivity index (χ4v) is 3.60. The number of anilines is 2. The number of fused-ring (bicyclic) bond motifs is 1. The van der Waals surface area contributed by atoms with Gasteiger partial charge in [0.25, 0.3) is 0 Å². The van der Waals surface area contributed by atoms with Crippen molar-refractivity contribution in [2.75, 3.05) is 11.1 Å². The average molecular weight is 338 g/mol. The van der Waals surface area contributed by atoms with Crippen LogP contribution in [0.5, 0.6) is 0 Å². The summed E-state index contributed by atoms with van der Waals surface area (Å²) in [5, 5.41) is 3.24. The second-order valence-electron chi connectivity index (χ2n) is 3.86. The van der Waals surface area contributed by atoms with Gasteiger partial charge in [-0.1, -0.05) is 0 Å². The number of aryl methyl sites for hydroxylation is 1. The number of hydrogen-bond acceptors (Lipinski definition) is 6. The molecule has 0 fully saturated rings. The van der Waals surface area contributed by atoms with Gasteiger partial charge in [-0.15, -0.1) is 0 Å². The van der Waals surface area contributed by atoms with Crippen LogP contribution in [0.15, 0.2) is 18.2 Å². The van der Waals surface area contributed by atoms with Gasteiger partial charge in [0, 0.05) is 0 Å². The van der Waals surface area contributed by atoms with E-state index >= 15 is 0 Å². The normalized spacial score (nSPS) is 10.8. The van der Waals surface area contributed by atoms with Gasteiger partial charge in [-0.05, 0) is 0 Å². The molecular weight excluding hydrogens is 329 g/mol. The first kappa shape index (κ1) is 12.3. The predicted octanol–water partition coefficient (Wildman–Crippen LogP) is 1.29. The molecule has 0 unspecified atom stereocenters. The number of amides is 1. The Labute approximate surface area is 118 Å². The standard InChI is InChI=1S/C11H9N5OSSe/c1-5-9(18-11(12)13-5)10(17)14-6-3-2-4-7-8(6)16-19-15-7/h2-4H,1H3,(H2,12,13)(H,14,17). The third-order valence-corrected chi connectivity index (χ3v) is 4.68. The van der Waals surface area contributed by atoms with Crippen LogP contribution < -0.4 is 11.1 Å². The minimum atomic E-state index is -0.213. The van der Waals surface area contributed by atoms with E-state index in [0.717, 1.165) is 11.0 Å². The fraction of sp³-hybridized carbons (Fsp3) is 0.0909. The van der Waals surface area contributed by atoms with Gasteiger partial charge >= 0.3 is 119 Å². The van der Waals surface area contributed by atoms with Gasteiger partial charge in [0.15, 0.2) is 0 Å². The Morgan fingerprint density at radius 2 is 2.26 bits per heavy atom. The first-order valence-electron chi connectivity index (χ1n) is 5.40. The third-order valence-electron chi connectivity index (χ3n) is 2.55. The van der Waals surface area contributed by atoms with Gasteiger partial charge in [0.2, 0.25) is 0 Å². The van der Waals surface area contributed by atoms with Crippen molar-refractivity contribution in [1.82, 2.24) is 12.9 Å². The number of aromatic nitrogens is 3. The molecule has 0 saturated heterocycles. The first-order chi connectivity index (χ1) is 9.15. The molecule has 3 rings (SSSR count). The van der Waals surface area contributed by atoms with Crippen molar-refractivity contribution in [1.29, 1.82) is 0 Å². The van der Waals surface area contributed by atoms with E-state index in [0.29, 0.717) is 21.4 Å². The zero-order valence-electron chi connectivity index (χ0n) is 9.88. The summed E-state index contributed by atoms with van der Waals surface area (Å²) in [6.45, 7) is 1.76. The summed E-state index contributed by atoms with van der Waals surface area (Å²) in [5.41, 5.74) is 8.50. The summed E-state index contributed by atoms with van der Waals surface area (Å²) in [5.74, 6) is -0.213. The van der Waals surface area contributed by atoms with Gasteiger partial charge < -0.3 is 0 Å². The molecule has 0 aliphatic rings. The second kappa shape index (κ2) is 4.73. The number of nitrogens with one attached hydrogen (secondary N) is 1. The Hall–Kier alpha value is -1.76. The van der Waals surface area contributed by atoms with Crippen molar-refractivity contribution in [3.8, 4) is 0 Å². The van der Waals surface area contributed by atoms with E-state index in [1.54, 1.807) is 6.92 Å². The molecule has 8 heteroatoms. The van der Waals surface area contributed by atoms with Crippen LogP contribution in [-0.2, 0) is 0 Å². The topological polar surface area (TPSA) is 93.8 Å². The molecule has 3 N–H and O–H groups in total. The van der Waals surface area contributed by atoms with Crippen molar-refractivity contribution in [3.63, 3.8) is 0 Å². The molecule has 6 nitrogen and oxygen atoms in total. The Morgan fingerprint density at radius 1 is 1.42 bits per heavy atom. The van der Waals surface area contributed by atoms with Gasteiger partial charge in [-0.3, -0.25) is 0 Å². The van der Waals surface area contributed by atoms with E-state index < -0.39 is 0 Å². The van der Waals surface area contributed by atoms with Crippen molar-refractivity contribution in [2.45, 2.75) is 6.92 Å². The molecule has 0 radical (unpaired) electrons. The van der Waals surface area contributed by atoms with Crippen molar-refractivity contribution >= 4 is 54.1 Å². The average Bonchev–Trinajstić information content (AvgIpc) is 2.96. The molecule has 0 aliphatic carbocycles.